The Morgan fingerprint density at radius 1 is 0.889 bits per heavy atom. The molecule has 27 heavy (non-hydrogen) atoms. The Hall–Kier alpha value is -3.53. The van der Waals surface area contributed by atoms with Crippen molar-refractivity contribution in [2.75, 3.05) is 11.9 Å². The van der Waals surface area contributed by atoms with Gasteiger partial charge in [0.25, 0.3) is 5.91 Å². The SMILES string of the molecule is CN(C(=O)c1ccc(COc2cccc3ccccc23)o1)c1ccccc1. The maximum atomic E-state index is 12.6. The molecule has 0 aliphatic heterocycles. The molecule has 0 N–H and O–H groups in total. The number of para-hydroxylation sites is 1. The number of carbonyl (C=O) groups is 1. The van der Waals surface area contributed by atoms with E-state index in [4.69, 9.17) is 9.15 Å². The van der Waals surface area contributed by atoms with Crippen LogP contribution in [0, 0.1) is 0 Å². The number of rotatable bonds is 5. The number of furan rings is 1. The van der Waals surface area contributed by atoms with E-state index in [0.717, 1.165) is 22.2 Å². The van der Waals surface area contributed by atoms with Crippen LogP contribution in [-0.4, -0.2) is 13.0 Å². The van der Waals surface area contributed by atoms with Crippen LogP contribution >= 0.6 is 0 Å². The fourth-order valence-electron chi connectivity index (χ4n) is 2.98. The van der Waals surface area contributed by atoms with Gasteiger partial charge in [0.05, 0.1) is 0 Å². The quantitative estimate of drug-likeness (QED) is 0.487. The second-order valence-corrected chi connectivity index (χ2v) is 6.23. The molecule has 0 saturated heterocycles. The third-order valence-electron chi connectivity index (χ3n) is 4.44. The summed E-state index contributed by atoms with van der Waals surface area (Å²) in [6, 6.07) is 26.9. The molecule has 1 heterocycles. The Bertz CT molecular complexity index is 1060. The predicted molar refractivity (Wildman–Crippen MR) is 106 cm³/mol. The number of ether oxygens (including phenoxy) is 1. The molecule has 0 unspecified atom stereocenters. The number of benzene rings is 3. The van der Waals surface area contributed by atoms with Gasteiger partial charge in [-0.3, -0.25) is 4.79 Å². The molecule has 0 aliphatic carbocycles. The molecule has 4 nitrogen and oxygen atoms in total. The van der Waals surface area contributed by atoms with Gasteiger partial charge in [0.2, 0.25) is 0 Å². The average molecular weight is 357 g/mol. The Kier molecular flexibility index (Phi) is 4.62. The summed E-state index contributed by atoms with van der Waals surface area (Å²) in [6.45, 7) is 0.260. The normalized spacial score (nSPS) is 10.7. The van der Waals surface area contributed by atoms with E-state index in [1.165, 1.54) is 0 Å². The number of nitrogens with zero attached hydrogens (tertiary/aromatic N) is 1. The smallest absolute Gasteiger partial charge is 0.293 e. The van der Waals surface area contributed by atoms with Crippen molar-refractivity contribution in [1.29, 1.82) is 0 Å². The second kappa shape index (κ2) is 7.38. The third kappa shape index (κ3) is 3.55. The summed E-state index contributed by atoms with van der Waals surface area (Å²) in [5.74, 6) is 1.49. The fourth-order valence-corrected chi connectivity index (χ4v) is 2.98. The molecule has 1 amide bonds. The van der Waals surface area contributed by atoms with E-state index < -0.39 is 0 Å². The highest BCUT2D eigenvalue weighted by Crippen LogP contribution is 2.26. The van der Waals surface area contributed by atoms with Crippen LogP contribution in [0.4, 0.5) is 5.69 Å². The summed E-state index contributed by atoms with van der Waals surface area (Å²) in [5, 5.41) is 2.17. The molecule has 134 valence electrons. The van der Waals surface area contributed by atoms with Gasteiger partial charge in [-0.1, -0.05) is 54.6 Å². The number of hydrogen-bond donors (Lipinski definition) is 0. The monoisotopic (exact) mass is 357 g/mol. The molecular weight excluding hydrogens is 338 g/mol. The summed E-state index contributed by atoms with van der Waals surface area (Å²) in [5.41, 5.74) is 0.812. The number of carbonyl (C=O) groups excluding carboxylic acids is 1. The molecule has 0 atom stereocenters. The van der Waals surface area contributed by atoms with E-state index in [2.05, 4.69) is 0 Å². The first-order chi connectivity index (χ1) is 13.2. The van der Waals surface area contributed by atoms with Crippen LogP contribution < -0.4 is 9.64 Å². The second-order valence-electron chi connectivity index (χ2n) is 6.23. The predicted octanol–water partition coefficient (Wildman–Crippen LogP) is 5.29. The van der Waals surface area contributed by atoms with Crippen LogP contribution in [-0.2, 0) is 6.61 Å². The topological polar surface area (TPSA) is 42.7 Å². The van der Waals surface area contributed by atoms with Crippen molar-refractivity contribution in [3.8, 4) is 5.75 Å². The summed E-state index contributed by atoms with van der Waals surface area (Å²) in [4.78, 5) is 14.2. The zero-order valence-electron chi connectivity index (χ0n) is 15.0. The standard InChI is InChI=1S/C23H19NO3/c1-24(18-10-3-2-4-11-18)23(25)22-15-14-19(27-22)16-26-21-13-7-9-17-8-5-6-12-20(17)21/h2-15H,16H2,1H3. The lowest BCUT2D eigenvalue weighted by molar-refractivity contribution is 0.0962. The molecule has 1 aromatic heterocycles. The van der Waals surface area contributed by atoms with Crippen molar-refractivity contribution in [3.05, 3.63) is 96.4 Å². The molecule has 4 rings (SSSR count). The zero-order chi connectivity index (χ0) is 18.6. The van der Waals surface area contributed by atoms with Gasteiger partial charge in [0.15, 0.2) is 5.76 Å². The molecule has 0 fully saturated rings. The first kappa shape index (κ1) is 16.9. The van der Waals surface area contributed by atoms with Gasteiger partial charge in [0, 0.05) is 18.1 Å². The van der Waals surface area contributed by atoms with Crippen molar-refractivity contribution < 1.29 is 13.9 Å². The number of fused-ring (bicyclic) bond motifs is 1. The van der Waals surface area contributed by atoms with E-state index in [-0.39, 0.29) is 18.3 Å². The summed E-state index contributed by atoms with van der Waals surface area (Å²) in [7, 11) is 1.73. The lowest BCUT2D eigenvalue weighted by atomic mass is 10.1. The number of anilines is 1. The van der Waals surface area contributed by atoms with Crippen LogP contribution in [0.25, 0.3) is 10.8 Å². The van der Waals surface area contributed by atoms with Gasteiger partial charge < -0.3 is 14.1 Å². The minimum atomic E-state index is -0.197. The maximum absolute atomic E-state index is 12.6. The van der Waals surface area contributed by atoms with Crippen molar-refractivity contribution >= 4 is 22.4 Å². The molecule has 0 spiro atoms. The van der Waals surface area contributed by atoms with E-state index in [1.807, 2.05) is 72.8 Å². The minimum absolute atomic E-state index is 0.197. The molecule has 4 aromatic rings. The largest absolute Gasteiger partial charge is 0.485 e. The van der Waals surface area contributed by atoms with E-state index in [1.54, 1.807) is 24.1 Å². The average Bonchev–Trinajstić information content (AvgIpc) is 3.21. The van der Waals surface area contributed by atoms with Gasteiger partial charge >= 0.3 is 0 Å². The molecule has 0 saturated carbocycles. The Labute approximate surface area is 157 Å². The van der Waals surface area contributed by atoms with Crippen LogP contribution in [0.2, 0.25) is 0 Å². The van der Waals surface area contributed by atoms with E-state index in [9.17, 15) is 4.79 Å². The van der Waals surface area contributed by atoms with E-state index in [0.29, 0.717) is 5.76 Å². The van der Waals surface area contributed by atoms with Gasteiger partial charge in [-0.25, -0.2) is 0 Å². The van der Waals surface area contributed by atoms with Gasteiger partial charge in [0.1, 0.15) is 18.1 Å². The third-order valence-corrected chi connectivity index (χ3v) is 4.44. The van der Waals surface area contributed by atoms with Gasteiger partial charge in [-0.05, 0) is 35.7 Å². The molecule has 4 heteroatoms. The summed E-state index contributed by atoms with van der Waals surface area (Å²) in [6.07, 6.45) is 0. The Balaban J connectivity index is 1.47. The molecule has 0 bridgehead atoms. The molecule has 3 aromatic carbocycles. The zero-order valence-corrected chi connectivity index (χ0v) is 15.0. The Morgan fingerprint density at radius 2 is 1.63 bits per heavy atom. The molecule has 0 radical (unpaired) electrons. The fraction of sp³-hybridized carbons (Fsp3) is 0.0870. The van der Waals surface area contributed by atoms with Crippen LogP contribution in [0.3, 0.4) is 0 Å². The Morgan fingerprint density at radius 3 is 2.48 bits per heavy atom. The lowest BCUT2D eigenvalue weighted by Gasteiger charge is -2.15. The lowest BCUT2D eigenvalue weighted by Crippen LogP contribution is -2.25. The van der Waals surface area contributed by atoms with Crippen molar-refractivity contribution in [2.45, 2.75) is 6.61 Å². The van der Waals surface area contributed by atoms with Crippen molar-refractivity contribution in [2.24, 2.45) is 0 Å². The highest BCUT2D eigenvalue weighted by Gasteiger charge is 2.17. The molecule has 0 aliphatic rings. The molecular formula is C23H19NO3. The first-order valence-electron chi connectivity index (χ1n) is 8.75. The number of hydrogen-bond acceptors (Lipinski definition) is 3. The van der Waals surface area contributed by atoms with Gasteiger partial charge in [-0.15, -0.1) is 0 Å². The highest BCUT2D eigenvalue weighted by molar-refractivity contribution is 6.03. The van der Waals surface area contributed by atoms with Crippen LogP contribution in [0.1, 0.15) is 16.3 Å². The number of amides is 1. The van der Waals surface area contributed by atoms with E-state index >= 15 is 0 Å². The highest BCUT2D eigenvalue weighted by atomic mass is 16.5. The van der Waals surface area contributed by atoms with Crippen LogP contribution in [0.5, 0.6) is 5.75 Å². The summed E-state index contributed by atoms with van der Waals surface area (Å²) < 4.78 is 11.6. The first-order valence-corrected chi connectivity index (χ1v) is 8.75. The summed E-state index contributed by atoms with van der Waals surface area (Å²) >= 11 is 0. The van der Waals surface area contributed by atoms with Gasteiger partial charge in [-0.2, -0.15) is 0 Å². The minimum Gasteiger partial charge on any atom is -0.485 e. The van der Waals surface area contributed by atoms with Crippen molar-refractivity contribution in [3.63, 3.8) is 0 Å². The maximum Gasteiger partial charge on any atom is 0.293 e. The van der Waals surface area contributed by atoms with Crippen LogP contribution in [0.15, 0.2) is 89.3 Å². The van der Waals surface area contributed by atoms with Crippen molar-refractivity contribution in [1.82, 2.24) is 0 Å².